The topological polar surface area (TPSA) is 65.2 Å². The van der Waals surface area contributed by atoms with Gasteiger partial charge in [0.15, 0.2) is 0 Å². The van der Waals surface area contributed by atoms with Gasteiger partial charge in [-0.3, -0.25) is 0 Å². The molecule has 80 valence electrons. The zero-order chi connectivity index (χ0) is 11.3. The van der Waals surface area contributed by atoms with Gasteiger partial charge in [-0.2, -0.15) is 0 Å². The lowest BCUT2D eigenvalue weighted by Gasteiger charge is -2.03. The minimum atomic E-state index is 0.278. The lowest BCUT2D eigenvalue weighted by molar-refractivity contribution is 0.314. The van der Waals surface area contributed by atoms with E-state index in [0.29, 0.717) is 0 Å². The van der Waals surface area contributed by atoms with E-state index in [-0.39, 0.29) is 11.4 Å². The molecule has 1 rings (SSSR count). The molecule has 2 N–H and O–H groups in total. The van der Waals surface area contributed by atoms with Crippen molar-refractivity contribution in [1.82, 2.24) is 0 Å². The number of nitrogens with zero attached hydrogens (tertiary/aromatic N) is 2. The molecule has 15 heavy (non-hydrogen) atoms. The van der Waals surface area contributed by atoms with Gasteiger partial charge in [0.2, 0.25) is 0 Å². The van der Waals surface area contributed by atoms with Crippen LogP contribution < -0.4 is 0 Å². The predicted octanol–water partition coefficient (Wildman–Crippen LogP) is 2.28. The van der Waals surface area contributed by atoms with Crippen LogP contribution in [0.2, 0.25) is 0 Å². The van der Waals surface area contributed by atoms with E-state index in [4.69, 9.17) is 10.4 Å². The molecule has 0 saturated heterocycles. The molecule has 1 aromatic carbocycles. The number of rotatable bonds is 3. The second-order valence-corrected chi connectivity index (χ2v) is 3.18. The van der Waals surface area contributed by atoms with E-state index < -0.39 is 0 Å². The highest BCUT2D eigenvalue weighted by molar-refractivity contribution is 6.47. The molecule has 4 heteroatoms. The van der Waals surface area contributed by atoms with E-state index in [1.807, 2.05) is 24.3 Å². The zero-order valence-electron chi connectivity index (χ0n) is 8.81. The monoisotopic (exact) mass is 206 g/mol. The highest BCUT2D eigenvalue weighted by Gasteiger charge is 2.08. The van der Waals surface area contributed by atoms with Crippen LogP contribution in [0.4, 0.5) is 0 Å². The summed E-state index contributed by atoms with van der Waals surface area (Å²) in [6, 6.07) is 7.57. The lowest BCUT2D eigenvalue weighted by atomic mass is 10.0. The molecule has 0 saturated carbocycles. The van der Waals surface area contributed by atoms with Crippen molar-refractivity contribution in [2.45, 2.75) is 20.3 Å². The molecule has 0 radical (unpaired) electrons. The first kappa shape index (κ1) is 11.2. The highest BCUT2D eigenvalue weighted by Crippen LogP contribution is 2.07. The highest BCUT2D eigenvalue weighted by atomic mass is 16.4. The molecule has 0 unspecified atom stereocenters. The fourth-order valence-electron chi connectivity index (χ4n) is 1.28. The molecule has 0 heterocycles. The molecule has 0 amide bonds. The second kappa shape index (κ2) is 5.14. The van der Waals surface area contributed by atoms with Gasteiger partial charge in [0.05, 0.1) is 0 Å². The molecule has 0 aliphatic heterocycles. The van der Waals surface area contributed by atoms with E-state index in [1.54, 1.807) is 6.92 Å². The minimum absolute atomic E-state index is 0.278. The molecule has 0 bridgehead atoms. The molecule has 0 aliphatic carbocycles. The van der Waals surface area contributed by atoms with Crippen molar-refractivity contribution >= 4 is 11.4 Å². The van der Waals surface area contributed by atoms with Gasteiger partial charge >= 0.3 is 0 Å². The number of benzene rings is 1. The fraction of sp³-hybridized carbons (Fsp3) is 0.273. The van der Waals surface area contributed by atoms with Gasteiger partial charge in [-0.25, -0.2) is 0 Å². The van der Waals surface area contributed by atoms with Crippen LogP contribution in [0.15, 0.2) is 34.6 Å². The van der Waals surface area contributed by atoms with Crippen LogP contribution in [0.3, 0.4) is 0 Å². The van der Waals surface area contributed by atoms with Gasteiger partial charge < -0.3 is 10.4 Å². The molecule has 0 aliphatic rings. The van der Waals surface area contributed by atoms with E-state index in [1.165, 1.54) is 5.56 Å². The Morgan fingerprint density at radius 3 is 2.13 bits per heavy atom. The fourth-order valence-corrected chi connectivity index (χ4v) is 1.28. The third-order valence-corrected chi connectivity index (χ3v) is 2.23. The van der Waals surface area contributed by atoms with Crippen LogP contribution in [0.25, 0.3) is 0 Å². The van der Waals surface area contributed by atoms with Gasteiger partial charge in [0.1, 0.15) is 11.4 Å². The van der Waals surface area contributed by atoms with Crippen molar-refractivity contribution in [1.29, 1.82) is 0 Å². The van der Waals surface area contributed by atoms with Crippen LogP contribution in [-0.4, -0.2) is 21.8 Å². The summed E-state index contributed by atoms with van der Waals surface area (Å²) in [7, 11) is 0. The van der Waals surface area contributed by atoms with Crippen LogP contribution >= 0.6 is 0 Å². The van der Waals surface area contributed by atoms with E-state index in [9.17, 15) is 0 Å². The quantitative estimate of drug-likeness (QED) is 0.452. The maximum absolute atomic E-state index is 8.80. The van der Waals surface area contributed by atoms with E-state index in [0.717, 1.165) is 12.0 Å². The smallest absolute Gasteiger partial charge is 0.134 e. The number of aryl methyl sites for hydroxylation is 1. The first-order valence-electron chi connectivity index (χ1n) is 4.73. The first-order chi connectivity index (χ1) is 7.22. The van der Waals surface area contributed by atoms with Crippen LogP contribution in [0, 0.1) is 0 Å². The van der Waals surface area contributed by atoms with Crippen molar-refractivity contribution in [3.05, 3.63) is 35.4 Å². The summed E-state index contributed by atoms with van der Waals surface area (Å²) < 4.78 is 0. The minimum Gasteiger partial charge on any atom is -0.411 e. The second-order valence-electron chi connectivity index (χ2n) is 3.18. The number of oxime groups is 2. The Morgan fingerprint density at radius 2 is 1.73 bits per heavy atom. The van der Waals surface area contributed by atoms with Gasteiger partial charge in [0, 0.05) is 5.56 Å². The SMILES string of the molecule is CCc1ccc(C(=NO)C(C)=NO)cc1. The van der Waals surface area contributed by atoms with Crippen LogP contribution in [0.1, 0.15) is 25.0 Å². The Balaban J connectivity index is 3.05. The van der Waals surface area contributed by atoms with Gasteiger partial charge in [-0.1, -0.05) is 41.5 Å². The lowest BCUT2D eigenvalue weighted by Crippen LogP contribution is -2.12. The molecule has 0 spiro atoms. The first-order valence-corrected chi connectivity index (χ1v) is 4.73. The normalized spacial score (nSPS) is 12.9. The molecular formula is C11H14N2O2. The number of hydrogen-bond donors (Lipinski definition) is 2. The summed E-state index contributed by atoms with van der Waals surface area (Å²) in [6.45, 7) is 3.64. The Labute approximate surface area is 88.5 Å². The number of hydrogen-bond acceptors (Lipinski definition) is 4. The summed E-state index contributed by atoms with van der Waals surface area (Å²) >= 11 is 0. The molecule has 0 aromatic heterocycles. The third-order valence-electron chi connectivity index (χ3n) is 2.23. The summed E-state index contributed by atoms with van der Waals surface area (Å²) in [5.74, 6) is 0. The van der Waals surface area contributed by atoms with E-state index in [2.05, 4.69) is 17.2 Å². The Bertz CT molecular complexity index is 380. The van der Waals surface area contributed by atoms with Crippen molar-refractivity contribution in [3.63, 3.8) is 0 Å². The molecule has 0 atom stereocenters. The summed E-state index contributed by atoms with van der Waals surface area (Å²) in [5, 5.41) is 23.5. The molecule has 4 nitrogen and oxygen atoms in total. The average molecular weight is 206 g/mol. The largest absolute Gasteiger partial charge is 0.411 e. The Hall–Kier alpha value is -1.84. The van der Waals surface area contributed by atoms with Crippen molar-refractivity contribution < 1.29 is 10.4 Å². The maximum atomic E-state index is 8.80. The van der Waals surface area contributed by atoms with Crippen molar-refractivity contribution in [2.24, 2.45) is 10.3 Å². The Morgan fingerprint density at radius 1 is 1.13 bits per heavy atom. The van der Waals surface area contributed by atoms with Gasteiger partial charge in [0.25, 0.3) is 0 Å². The maximum Gasteiger partial charge on any atom is 0.134 e. The summed E-state index contributed by atoms with van der Waals surface area (Å²) in [6.07, 6.45) is 0.957. The molecule has 1 aromatic rings. The van der Waals surface area contributed by atoms with Gasteiger partial charge in [-0.15, -0.1) is 0 Å². The third kappa shape index (κ3) is 2.56. The standard InChI is InChI=1S/C11H14N2O2/c1-3-9-4-6-10(7-5-9)11(13-15)8(2)12-14/h4-7,14-15H,3H2,1-2H3. The zero-order valence-corrected chi connectivity index (χ0v) is 8.81. The predicted molar refractivity (Wildman–Crippen MR) is 59.0 cm³/mol. The van der Waals surface area contributed by atoms with Crippen molar-refractivity contribution in [2.75, 3.05) is 0 Å². The van der Waals surface area contributed by atoms with Gasteiger partial charge in [-0.05, 0) is 18.9 Å². The van der Waals surface area contributed by atoms with Crippen molar-refractivity contribution in [3.8, 4) is 0 Å². The molecular weight excluding hydrogens is 192 g/mol. The summed E-state index contributed by atoms with van der Waals surface area (Å²) in [4.78, 5) is 0. The van der Waals surface area contributed by atoms with Crippen LogP contribution in [0.5, 0.6) is 0 Å². The molecule has 0 fully saturated rings. The Kier molecular flexibility index (Phi) is 3.85. The van der Waals surface area contributed by atoms with Crippen LogP contribution in [-0.2, 0) is 6.42 Å². The summed E-state index contributed by atoms with van der Waals surface area (Å²) in [5.41, 5.74) is 2.49. The average Bonchev–Trinajstić information content (AvgIpc) is 2.30. The van der Waals surface area contributed by atoms with E-state index >= 15 is 0 Å².